The second-order valence-electron chi connectivity index (χ2n) is 19.8. The maximum Gasteiger partial charge on any atom is 0.0465 e. The van der Waals surface area contributed by atoms with Crippen molar-refractivity contribution in [1.82, 2.24) is 0 Å². The van der Waals surface area contributed by atoms with E-state index >= 15 is 0 Å². The summed E-state index contributed by atoms with van der Waals surface area (Å²) in [7, 11) is 0. The van der Waals surface area contributed by atoms with E-state index in [9.17, 15) is 0 Å². The summed E-state index contributed by atoms with van der Waals surface area (Å²) in [5.41, 5.74) is 18.9. The van der Waals surface area contributed by atoms with Crippen molar-refractivity contribution >= 4 is 27.8 Å². The summed E-state index contributed by atoms with van der Waals surface area (Å²) in [4.78, 5) is 2.63. The van der Waals surface area contributed by atoms with E-state index in [1.54, 1.807) is 22.3 Å². The molecule has 6 aliphatic rings. The second-order valence-corrected chi connectivity index (χ2v) is 19.8. The maximum absolute atomic E-state index is 2.70. The van der Waals surface area contributed by atoms with Gasteiger partial charge >= 0.3 is 0 Å². The molecule has 1 heteroatoms. The van der Waals surface area contributed by atoms with Crippen molar-refractivity contribution in [3.8, 4) is 33.4 Å². The Morgan fingerprint density at radius 3 is 1.90 bits per heavy atom. The number of anilines is 3. The third kappa shape index (κ3) is 4.81. The van der Waals surface area contributed by atoms with Crippen molar-refractivity contribution in [2.75, 3.05) is 4.90 Å². The van der Waals surface area contributed by atoms with Gasteiger partial charge in [-0.1, -0.05) is 148 Å². The van der Waals surface area contributed by atoms with Crippen LogP contribution in [0, 0.1) is 29.6 Å². The minimum Gasteiger partial charge on any atom is -0.310 e. The first-order valence-electron chi connectivity index (χ1n) is 23.5. The molecule has 0 aliphatic heterocycles. The highest BCUT2D eigenvalue weighted by Gasteiger charge is 2.58. The van der Waals surface area contributed by atoms with E-state index in [1.165, 1.54) is 132 Å². The Morgan fingerprint density at radius 2 is 1.12 bits per heavy atom. The summed E-state index contributed by atoms with van der Waals surface area (Å²) in [5.74, 6) is 3.78. The van der Waals surface area contributed by atoms with Crippen LogP contribution in [0.15, 0.2) is 152 Å². The van der Waals surface area contributed by atoms with E-state index < -0.39 is 0 Å². The maximum atomic E-state index is 2.70. The lowest BCUT2D eigenvalue weighted by Gasteiger charge is -2.48. The molecule has 7 aromatic carbocycles. The van der Waals surface area contributed by atoms with Crippen LogP contribution in [0.1, 0.15) is 99.8 Å². The Kier molecular flexibility index (Phi) is 7.84. The van der Waals surface area contributed by atoms with Crippen molar-refractivity contribution in [2.45, 2.75) is 88.4 Å². The molecule has 0 radical (unpaired) electrons. The number of benzene rings is 7. The predicted molar refractivity (Wildman–Crippen MR) is 250 cm³/mol. The molecular formula is C59H55N. The number of hydrogen-bond acceptors (Lipinski definition) is 1. The third-order valence-corrected chi connectivity index (χ3v) is 17.4. The molecule has 7 unspecified atom stereocenters. The fourth-order valence-electron chi connectivity index (χ4n) is 15.0. The van der Waals surface area contributed by atoms with Crippen molar-refractivity contribution in [3.05, 3.63) is 174 Å². The van der Waals surface area contributed by atoms with Crippen molar-refractivity contribution in [3.63, 3.8) is 0 Å². The van der Waals surface area contributed by atoms with Gasteiger partial charge in [0.25, 0.3) is 0 Å². The van der Waals surface area contributed by atoms with Gasteiger partial charge < -0.3 is 4.90 Å². The van der Waals surface area contributed by atoms with E-state index in [4.69, 9.17) is 0 Å². The highest BCUT2D eigenvalue weighted by atomic mass is 15.1. The van der Waals surface area contributed by atoms with Gasteiger partial charge in [-0.25, -0.2) is 0 Å². The minimum atomic E-state index is 0.0840. The Bertz CT molecular complexity index is 2820. The van der Waals surface area contributed by atoms with E-state index in [0.717, 1.165) is 17.8 Å². The summed E-state index contributed by atoms with van der Waals surface area (Å²) in [5, 5.41) is 2.60. The molecule has 0 heterocycles. The Labute approximate surface area is 356 Å². The fourth-order valence-corrected chi connectivity index (χ4v) is 15.0. The van der Waals surface area contributed by atoms with Gasteiger partial charge in [-0.2, -0.15) is 0 Å². The molecule has 6 aliphatic carbocycles. The van der Waals surface area contributed by atoms with Crippen LogP contribution in [0.5, 0.6) is 0 Å². The largest absolute Gasteiger partial charge is 0.310 e. The SMILES string of the molecule is CCC1CCC2CCCC(C1)C21c2ccccc2-c2ccc(N(c3ccc(-c4cccc5ccccc45)cc3)c3ccc4c(c3)C3(CC5CCC3C5)c3ccccc3-4)cc21. The summed E-state index contributed by atoms with van der Waals surface area (Å²) >= 11 is 0. The average Bonchev–Trinajstić information content (AvgIpc) is 4.05. The average molecular weight is 778 g/mol. The first kappa shape index (κ1) is 35.4. The molecule has 0 amide bonds. The molecule has 4 bridgehead atoms. The number of rotatable bonds is 5. The molecule has 4 fully saturated rings. The molecule has 7 aromatic rings. The zero-order chi connectivity index (χ0) is 39.6. The van der Waals surface area contributed by atoms with Gasteiger partial charge in [0.15, 0.2) is 0 Å². The van der Waals surface area contributed by atoms with Crippen LogP contribution >= 0.6 is 0 Å². The van der Waals surface area contributed by atoms with Crippen LogP contribution < -0.4 is 4.90 Å². The van der Waals surface area contributed by atoms with Gasteiger partial charge in [0.05, 0.1) is 0 Å². The lowest BCUT2D eigenvalue weighted by Crippen LogP contribution is -2.44. The smallest absolute Gasteiger partial charge is 0.0465 e. The molecular weight excluding hydrogens is 723 g/mol. The third-order valence-electron chi connectivity index (χ3n) is 17.4. The van der Waals surface area contributed by atoms with Crippen molar-refractivity contribution in [1.29, 1.82) is 0 Å². The highest BCUT2D eigenvalue weighted by Crippen LogP contribution is 2.67. The topological polar surface area (TPSA) is 3.24 Å². The molecule has 0 aromatic heterocycles. The Balaban J connectivity index is 1.01. The first-order chi connectivity index (χ1) is 29.6. The number of hydrogen-bond donors (Lipinski definition) is 0. The Morgan fingerprint density at radius 1 is 0.483 bits per heavy atom. The molecule has 13 rings (SSSR count). The summed E-state index contributed by atoms with van der Waals surface area (Å²) in [6.07, 6.45) is 14.9. The molecule has 4 saturated carbocycles. The van der Waals surface area contributed by atoms with E-state index in [2.05, 4.69) is 163 Å². The molecule has 0 N–H and O–H groups in total. The van der Waals surface area contributed by atoms with Gasteiger partial charge in [-0.15, -0.1) is 0 Å². The number of nitrogens with zero attached hydrogens (tertiary/aromatic N) is 1. The monoisotopic (exact) mass is 777 g/mol. The van der Waals surface area contributed by atoms with E-state index in [0.29, 0.717) is 11.8 Å². The van der Waals surface area contributed by atoms with Crippen LogP contribution in [0.4, 0.5) is 17.1 Å². The lowest BCUT2D eigenvalue weighted by molar-refractivity contribution is 0.144. The normalized spacial score (nSPS) is 27.8. The standard InChI is InChI=1S/C59H55N/c1-2-38-21-25-42-13-10-14-44(33-38)59(42)55-20-8-6-17-51(55)53-32-30-47(36-57(53)59)60(45-27-23-41(24-28-45)49-18-9-12-40-11-3-4-15-48(40)49)46-29-31-52-50-16-5-7-19-54(50)58(56(52)35-46)37-39-22-26-43(58)34-39/h3-9,11-12,15-20,23-24,27-32,35-36,38-39,42-44H,2,10,13-14,21-22,25-26,33-34,37H2,1H3. The quantitative estimate of drug-likeness (QED) is 0.168. The van der Waals surface area contributed by atoms with Gasteiger partial charge in [0.1, 0.15) is 0 Å². The molecule has 1 nitrogen and oxygen atoms in total. The molecule has 7 atom stereocenters. The molecule has 2 spiro atoms. The molecule has 0 saturated heterocycles. The zero-order valence-electron chi connectivity index (χ0n) is 35.0. The number of fused-ring (bicyclic) bond motifs is 12. The van der Waals surface area contributed by atoms with Crippen LogP contribution in [-0.2, 0) is 10.8 Å². The van der Waals surface area contributed by atoms with Crippen molar-refractivity contribution in [2.24, 2.45) is 29.6 Å². The first-order valence-corrected chi connectivity index (χ1v) is 23.5. The van der Waals surface area contributed by atoms with Crippen LogP contribution in [0.2, 0.25) is 0 Å². The highest BCUT2D eigenvalue weighted by molar-refractivity contribution is 5.97. The summed E-state index contributed by atoms with van der Waals surface area (Å²) < 4.78 is 0. The van der Waals surface area contributed by atoms with Crippen LogP contribution in [-0.4, -0.2) is 0 Å². The van der Waals surface area contributed by atoms with Crippen LogP contribution in [0.25, 0.3) is 44.2 Å². The van der Waals surface area contributed by atoms with Crippen molar-refractivity contribution < 1.29 is 0 Å². The fraction of sp³-hybridized carbons (Fsp3) is 0.322. The molecule has 296 valence electrons. The Hall–Kier alpha value is -5.40. The molecule has 60 heavy (non-hydrogen) atoms. The predicted octanol–water partition coefficient (Wildman–Crippen LogP) is 16.0. The van der Waals surface area contributed by atoms with Gasteiger partial charge in [-0.05, 0) is 177 Å². The van der Waals surface area contributed by atoms with Gasteiger partial charge in [0.2, 0.25) is 0 Å². The van der Waals surface area contributed by atoms with Crippen LogP contribution in [0.3, 0.4) is 0 Å². The van der Waals surface area contributed by atoms with E-state index in [-0.39, 0.29) is 10.8 Å². The van der Waals surface area contributed by atoms with E-state index in [1.807, 2.05) is 0 Å². The zero-order valence-corrected chi connectivity index (χ0v) is 35.0. The second kappa shape index (κ2) is 13.3. The van der Waals surface area contributed by atoms with Gasteiger partial charge in [0, 0.05) is 27.9 Å². The minimum absolute atomic E-state index is 0.0840. The summed E-state index contributed by atoms with van der Waals surface area (Å²) in [6, 6.07) is 59.4. The van der Waals surface area contributed by atoms with Gasteiger partial charge in [-0.3, -0.25) is 0 Å². The lowest BCUT2D eigenvalue weighted by atomic mass is 9.55. The summed E-state index contributed by atoms with van der Waals surface area (Å²) in [6.45, 7) is 2.45.